The van der Waals surface area contributed by atoms with Crippen LogP contribution in [0.5, 0.6) is 0 Å². The number of benzene rings is 1. The summed E-state index contributed by atoms with van der Waals surface area (Å²) in [4.78, 5) is 24.9. The first-order valence-corrected chi connectivity index (χ1v) is 10.1. The molecule has 7 nitrogen and oxygen atoms in total. The van der Waals surface area contributed by atoms with Gasteiger partial charge in [0.1, 0.15) is 0 Å². The van der Waals surface area contributed by atoms with Crippen molar-refractivity contribution in [3.63, 3.8) is 0 Å². The molecule has 1 aromatic rings. The second-order valence-corrected chi connectivity index (χ2v) is 8.51. The lowest BCUT2D eigenvalue weighted by Gasteiger charge is -2.23. The van der Waals surface area contributed by atoms with E-state index in [1.54, 1.807) is 6.07 Å². The Morgan fingerprint density at radius 3 is 2.15 bits per heavy atom. The van der Waals surface area contributed by atoms with Gasteiger partial charge in [0, 0.05) is 5.41 Å². The van der Waals surface area contributed by atoms with Crippen LogP contribution in [0.1, 0.15) is 18.4 Å². The first kappa shape index (κ1) is 21.0. The highest BCUT2D eigenvalue weighted by atomic mass is 35.5. The lowest BCUT2D eigenvalue weighted by Crippen LogP contribution is -2.37. The van der Waals surface area contributed by atoms with Crippen LogP contribution in [0, 0.1) is 5.41 Å². The summed E-state index contributed by atoms with van der Waals surface area (Å²) in [5.74, 6) is -1.54. The molecule has 1 atom stereocenters. The van der Waals surface area contributed by atoms with E-state index in [1.165, 1.54) is 12.1 Å². The molecule has 10 heteroatoms. The number of hydrogen-bond donors (Lipinski definition) is 0. The van der Waals surface area contributed by atoms with Gasteiger partial charge >= 0.3 is 11.9 Å². The van der Waals surface area contributed by atoms with Crippen molar-refractivity contribution in [2.75, 3.05) is 27.1 Å². The maximum atomic E-state index is 12.5. The van der Waals surface area contributed by atoms with E-state index >= 15 is 0 Å². The molecule has 0 bridgehead atoms. The van der Waals surface area contributed by atoms with Crippen LogP contribution in [0.3, 0.4) is 0 Å². The van der Waals surface area contributed by atoms with Gasteiger partial charge in [-0.05, 0) is 30.5 Å². The van der Waals surface area contributed by atoms with Gasteiger partial charge in [0.2, 0.25) is 0 Å². The van der Waals surface area contributed by atoms with Gasteiger partial charge in [-0.3, -0.25) is 13.8 Å². The third-order valence-electron chi connectivity index (χ3n) is 4.63. The summed E-state index contributed by atoms with van der Waals surface area (Å²) in [6.45, 7) is -0.227. The minimum absolute atomic E-state index is 0.0578. The number of halogens is 2. The fourth-order valence-electron chi connectivity index (χ4n) is 3.33. The quantitative estimate of drug-likeness (QED) is 0.376. The van der Waals surface area contributed by atoms with Gasteiger partial charge < -0.3 is 9.47 Å². The van der Waals surface area contributed by atoms with E-state index in [-0.39, 0.29) is 24.5 Å². The summed E-state index contributed by atoms with van der Waals surface area (Å²) in [6.07, 6.45) is 1.05. The average Bonchev–Trinajstić information content (AvgIpc) is 3.26. The molecule has 1 aliphatic rings. The molecule has 0 heterocycles. The van der Waals surface area contributed by atoms with Crippen LogP contribution in [-0.4, -0.2) is 47.4 Å². The van der Waals surface area contributed by atoms with Crippen LogP contribution in [-0.2, 0) is 38.8 Å². The third-order valence-corrected chi connectivity index (χ3v) is 5.96. The predicted molar refractivity (Wildman–Crippen MR) is 94.6 cm³/mol. The largest absolute Gasteiger partial charge is 0.468 e. The second kappa shape index (κ2) is 7.34. The zero-order valence-electron chi connectivity index (χ0n) is 14.4. The molecule has 0 N–H and O–H groups in total. The van der Waals surface area contributed by atoms with E-state index in [0.717, 1.165) is 20.5 Å². The summed E-state index contributed by atoms with van der Waals surface area (Å²) < 4.78 is 37.0. The molecule has 0 spiro atoms. The molecule has 2 rings (SSSR count). The third kappa shape index (κ3) is 3.55. The van der Waals surface area contributed by atoms with Gasteiger partial charge in [0.25, 0.3) is 10.1 Å². The van der Waals surface area contributed by atoms with Crippen LogP contribution in [0.4, 0.5) is 0 Å². The van der Waals surface area contributed by atoms with E-state index in [9.17, 15) is 18.0 Å². The zero-order chi connectivity index (χ0) is 19.8. The lowest BCUT2D eigenvalue weighted by molar-refractivity contribution is -0.162. The van der Waals surface area contributed by atoms with Crippen molar-refractivity contribution in [1.29, 1.82) is 0 Å². The number of carbonyl (C=O) groups is 2. The first-order chi connectivity index (χ1) is 12.0. The molecular formula is C16H18Cl2O7S. The number of hydrogen-bond acceptors (Lipinski definition) is 7. The molecule has 26 heavy (non-hydrogen) atoms. The van der Waals surface area contributed by atoms with Gasteiger partial charge in [-0.15, -0.1) is 0 Å². The van der Waals surface area contributed by atoms with Crippen LogP contribution in [0.25, 0.3) is 0 Å². The standard InChI is InChI=1S/C16H18Cl2O7S/c1-23-13(19)16(14(20)24-2)9-15(16,6-7-25-26(3,21)22)10-4-5-11(17)12(18)8-10/h4-5,8H,6-7,9H2,1-3H3/t15-/m1/s1. The lowest BCUT2D eigenvalue weighted by atomic mass is 9.83. The number of carbonyl (C=O) groups excluding carboxylic acids is 2. The fraction of sp³-hybridized carbons (Fsp3) is 0.500. The van der Waals surface area contributed by atoms with Gasteiger partial charge in [-0.25, -0.2) is 0 Å². The van der Waals surface area contributed by atoms with Crippen molar-refractivity contribution in [2.24, 2.45) is 5.41 Å². The average molecular weight is 425 g/mol. The Morgan fingerprint density at radius 2 is 1.69 bits per heavy atom. The second-order valence-electron chi connectivity index (χ2n) is 6.05. The number of rotatable bonds is 7. The Balaban J connectivity index is 2.51. The van der Waals surface area contributed by atoms with Gasteiger partial charge in [-0.1, -0.05) is 29.3 Å². The molecule has 0 amide bonds. The molecule has 1 saturated carbocycles. The summed E-state index contributed by atoms with van der Waals surface area (Å²) in [5.41, 5.74) is -2.14. The van der Waals surface area contributed by atoms with Crippen molar-refractivity contribution >= 4 is 45.3 Å². The summed E-state index contributed by atoms with van der Waals surface area (Å²) in [7, 11) is -1.36. The molecule has 1 aromatic carbocycles. The Hall–Kier alpha value is -1.35. The maximum absolute atomic E-state index is 12.5. The monoisotopic (exact) mass is 424 g/mol. The van der Waals surface area contributed by atoms with Gasteiger partial charge in [0.15, 0.2) is 5.41 Å². The molecule has 0 unspecified atom stereocenters. The van der Waals surface area contributed by atoms with Crippen molar-refractivity contribution in [3.8, 4) is 0 Å². The molecule has 0 aliphatic heterocycles. The number of methoxy groups -OCH3 is 2. The van der Waals surface area contributed by atoms with E-state index in [0.29, 0.717) is 10.6 Å². The number of ether oxygens (including phenoxy) is 2. The Morgan fingerprint density at radius 1 is 1.12 bits per heavy atom. The van der Waals surface area contributed by atoms with Gasteiger partial charge in [-0.2, -0.15) is 8.42 Å². The summed E-state index contributed by atoms with van der Waals surface area (Å²) in [6, 6.07) is 4.70. The minimum Gasteiger partial charge on any atom is -0.468 e. The maximum Gasteiger partial charge on any atom is 0.324 e. The van der Waals surface area contributed by atoms with Gasteiger partial charge in [0.05, 0.1) is 37.1 Å². The van der Waals surface area contributed by atoms with Crippen LogP contribution in [0.2, 0.25) is 10.0 Å². The first-order valence-electron chi connectivity index (χ1n) is 7.51. The predicted octanol–water partition coefficient (Wildman–Crippen LogP) is 2.33. The van der Waals surface area contributed by atoms with Crippen LogP contribution < -0.4 is 0 Å². The summed E-state index contributed by atoms with van der Waals surface area (Å²) >= 11 is 12.0. The zero-order valence-corrected chi connectivity index (χ0v) is 16.7. The number of esters is 2. The Kier molecular flexibility index (Phi) is 5.92. The molecule has 0 aromatic heterocycles. The summed E-state index contributed by atoms with van der Waals surface area (Å²) in [5, 5.41) is 0.545. The smallest absolute Gasteiger partial charge is 0.324 e. The molecule has 0 saturated heterocycles. The van der Waals surface area contributed by atoms with E-state index in [1.807, 2.05) is 0 Å². The molecule has 1 aliphatic carbocycles. The van der Waals surface area contributed by atoms with Crippen molar-refractivity contribution in [1.82, 2.24) is 0 Å². The highest BCUT2D eigenvalue weighted by Gasteiger charge is 2.78. The highest BCUT2D eigenvalue weighted by Crippen LogP contribution is 2.68. The molecule has 1 fully saturated rings. The Labute approximate surface area is 161 Å². The van der Waals surface area contributed by atoms with E-state index in [4.69, 9.17) is 36.9 Å². The molecule has 0 radical (unpaired) electrons. The molecule has 144 valence electrons. The normalized spacial score (nSPS) is 21.1. The van der Waals surface area contributed by atoms with E-state index in [2.05, 4.69) is 0 Å². The fourth-order valence-corrected chi connectivity index (χ4v) is 4.02. The van der Waals surface area contributed by atoms with Crippen LogP contribution in [0.15, 0.2) is 18.2 Å². The Bertz CT molecular complexity index is 821. The topological polar surface area (TPSA) is 96.0 Å². The van der Waals surface area contributed by atoms with Crippen LogP contribution >= 0.6 is 23.2 Å². The van der Waals surface area contributed by atoms with E-state index < -0.39 is 32.9 Å². The van der Waals surface area contributed by atoms with Crippen molar-refractivity contribution in [3.05, 3.63) is 33.8 Å². The van der Waals surface area contributed by atoms with Crippen molar-refractivity contribution in [2.45, 2.75) is 18.3 Å². The SMILES string of the molecule is COC(=O)C1(C(=O)OC)C[C@]1(CCOS(C)(=O)=O)c1ccc(Cl)c(Cl)c1. The minimum atomic E-state index is -3.68. The molecular weight excluding hydrogens is 407 g/mol. The van der Waals surface area contributed by atoms with Crippen molar-refractivity contribution < 1.29 is 31.7 Å². The highest BCUT2D eigenvalue weighted by molar-refractivity contribution is 7.85.